The number of hydrogen-bond donors (Lipinski definition) is 2. The van der Waals surface area contributed by atoms with E-state index >= 15 is 0 Å². The third-order valence-corrected chi connectivity index (χ3v) is 6.20. The van der Waals surface area contributed by atoms with Gasteiger partial charge < -0.3 is 10.6 Å². The molecule has 2 atom stereocenters. The second-order valence-electron chi connectivity index (χ2n) is 8.78. The molecular formula is C21H38N6. The molecule has 2 unspecified atom stereocenters. The van der Waals surface area contributed by atoms with E-state index in [9.17, 15) is 0 Å². The average Bonchev–Trinajstić information content (AvgIpc) is 3.09. The number of likely N-dealkylation sites (tertiary alicyclic amines) is 1. The van der Waals surface area contributed by atoms with Crippen molar-refractivity contribution in [2.24, 2.45) is 10.9 Å². The van der Waals surface area contributed by atoms with Gasteiger partial charge in [0.2, 0.25) is 0 Å². The molecule has 0 amide bonds. The Morgan fingerprint density at radius 3 is 2.67 bits per heavy atom. The van der Waals surface area contributed by atoms with Crippen LogP contribution in [0.15, 0.2) is 11.2 Å². The standard InChI is InChI=1S/C21H38N6/c1-15(2)27-14-18-6-7-19(12-20(18)25-27)24-21(22-5)23-13-17(4)26-10-8-16(3)9-11-26/h14-17,19H,6-13H2,1-5H3,(H2,22,23,24). The number of fused-ring (bicyclic) bond motifs is 1. The van der Waals surface area contributed by atoms with Crippen LogP contribution in [-0.2, 0) is 12.8 Å². The van der Waals surface area contributed by atoms with Crippen LogP contribution < -0.4 is 10.6 Å². The Morgan fingerprint density at radius 1 is 1.26 bits per heavy atom. The zero-order valence-corrected chi connectivity index (χ0v) is 17.8. The number of aliphatic imine (C=N–C) groups is 1. The number of aryl methyl sites for hydroxylation is 1. The van der Waals surface area contributed by atoms with E-state index in [-0.39, 0.29) is 0 Å². The maximum atomic E-state index is 4.78. The zero-order valence-electron chi connectivity index (χ0n) is 17.8. The van der Waals surface area contributed by atoms with E-state index in [1.807, 2.05) is 7.05 Å². The summed E-state index contributed by atoms with van der Waals surface area (Å²) < 4.78 is 2.10. The van der Waals surface area contributed by atoms with E-state index < -0.39 is 0 Å². The quantitative estimate of drug-likeness (QED) is 0.614. The van der Waals surface area contributed by atoms with Crippen LogP contribution in [0.4, 0.5) is 0 Å². The van der Waals surface area contributed by atoms with E-state index in [0.29, 0.717) is 18.1 Å². The highest BCUT2D eigenvalue weighted by Gasteiger charge is 2.24. The van der Waals surface area contributed by atoms with Crippen molar-refractivity contribution in [2.45, 2.75) is 77.9 Å². The molecule has 1 fully saturated rings. The van der Waals surface area contributed by atoms with Crippen LogP contribution in [0.2, 0.25) is 0 Å². The Labute approximate surface area is 164 Å². The van der Waals surface area contributed by atoms with Gasteiger partial charge in [-0.05, 0) is 71.0 Å². The molecule has 152 valence electrons. The molecule has 0 bridgehead atoms. The van der Waals surface area contributed by atoms with Gasteiger partial charge in [-0.2, -0.15) is 5.10 Å². The summed E-state index contributed by atoms with van der Waals surface area (Å²) in [6, 6.07) is 1.37. The lowest BCUT2D eigenvalue weighted by Crippen LogP contribution is -2.50. The van der Waals surface area contributed by atoms with Crippen molar-refractivity contribution in [3.8, 4) is 0 Å². The third kappa shape index (κ3) is 5.24. The maximum absolute atomic E-state index is 4.78. The normalized spacial score (nSPS) is 23.3. The Balaban J connectivity index is 1.47. The topological polar surface area (TPSA) is 57.5 Å². The van der Waals surface area contributed by atoms with Crippen molar-refractivity contribution in [3.05, 3.63) is 17.5 Å². The number of guanidine groups is 1. The van der Waals surface area contributed by atoms with Crippen molar-refractivity contribution < 1.29 is 0 Å². The van der Waals surface area contributed by atoms with Crippen LogP contribution >= 0.6 is 0 Å². The van der Waals surface area contributed by atoms with Crippen molar-refractivity contribution in [1.29, 1.82) is 0 Å². The van der Waals surface area contributed by atoms with E-state index in [1.54, 1.807) is 0 Å². The number of hydrogen-bond acceptors (Lipinski definition) is 3. The maximum Gasteiger partial charge on any atom is 0.191 e. The lowest BCUT2D eigenvalue weighted by Gasteiger charge is -2.35. The molecule has 0 aromatic carbocycles. The predicted octanol–water partition coefficient (Wildman–Crippen LogP) is 2.61. The Morgan fingerprint density at radius 2 is 2.00 bits per heavy atom. The number of aromatic nitrogens is 2. The van der Waals surface area contributed by atoms with Gasteiger partial charge in [0.1, 0.15) is 0 Å². The van der Waals surface area contributed by atoms with Crippen LogP contribution in [0.25, 0.3) is 0 Å². The molecule has 3 rings (SSSR count). The molecule has 1 aliphatic carbocycles. The van der Waals surface area contributed by atoms with Gasteiger partial charge in [0.25, 0.3) is 0 Å². The molecule has 0 saturated carbocycles. The molecule has 0 spiro atoms. The molecule has 0 radical (unpaired) electrons. The highest BCUT2D eigenvalue weighted by Crippen LogP contribution is 2.22. The van der Waals surface area contributed by atoms with Gasteiger partial charge in [0.05, 0.1) is 5.69 Å². The average molecular weight is 375 g/mol. The third-order valence-electron chi connectivity index (χ3n) is 6.20. The first-order valence-corrected chi connectivity index (χ1v) is 10.7. The lowest BCUT2D eigenvalue weighted by atomic mass is 9.94. The Hall–Kier alpha value is -1.56. The van der Waals surface area contributed by atoms with E-state index in [1.165, 1.54) is 37.2 Å². The molecule has 2 heterocycles. The molecule has 1 aromatic rings. The van der Waals surface area contributed by atoms with Gasteiger partial charge in [-0.3, -0.25) is 14.6 Å². The first-order valence-electron chi connectivity index (χ1n) is 10.7. The fourth-order valence-corrected chi connectivity index (χ4v) is 4.13. The summed E-state index contributed by atoms with van der Waals surface area (Å²) >= 11 is 0. The summed E-state index contributed by atoms with van der Waals surface area (Å²) in [5.74, 6) is 1.80. The fraction of sp³-hybridized carbons (Fsp3) is 0.810. The SMILES string of the molecule is CN=C(NCC(C)N1CCC(C)CC1)NC1CCc2cn(C(C)C)nc2C1. The van der Waals surface area contributed by atoms with Gasteiger partial charge in [-0.15, -0.1) is 0 Å². The zero-order chi connectivity index (χ0) is 19.4. The van der Waals surface area contributed by atoms with Crippen LogP contribution in [0, 0.1) is 5.92 Å². The molecule has 1 aliphatic heterocycles. The van der Waals surface area contributed by atoms with Crippen LogP contribution in [0.1, 0.15) is 64.3 Å². The van der Waals surface area contributed by atoms with Crippen molar-refractivity contribution in [1.82, 2.24) is 25.3 Å². The molecule has 1 aromatic heterocycles. The van der Waals surface area contributed by atoms with Crippen LogP contribution in [0.5, 0.6) is 0 Å². The highest BCUT2D eigenvalue weighted by molar-refractivity contribution is 5.80. The highest BCUT2D eigenvalue weighted by atomic mass is 15.3. The van der Waals surface area contributed by atoms with Gasteiger partial charge in [-0.25, -0.2) is 0 Å². The van der Waals surface area contributed by atoms with Gasteiger partial charge in [0.15, 0.2) is 5.96 Å². The number of rotatable bonds is 5. The largest absolute Gasteiger partial charge is 0.355 e. The summed E-state index contributed by atoms with van der Waals surface area (Å²) in [6.07, 6.45) is 8.09. The van der Waals surface area contributed by atoms with E-state index in [2.05, 4.69) is 59.1 Å². The minimum Gasteiger partial charge on any atom is -0.355 e. The monoisotopic (exact) mass is 374 g/mol. The molecule has 6 heteroatoms. The summed E-state index contributed by atoms with van der Waals surface area (Å²) in [5, 5.41) is 12.0. The first kappa shape index (κ1) is 20.2. The minimum absolute atomic E-state index is 0.408. The molecule has 6 nitrogen and oxygen atoms in total. The summed E-state index contributed by atoms with van der Waals surface area (Å²) in [4.78, 5) is 7.05. The summed E-state index contributed by atoms with van der Waals surface area (Å²) in [6.45, 7) is 12.4. The second-order valence-corrected chi connectivity index (χ2v) is 8.78. The smallest absolute Gasteiger partial charge is 0.191 e. The van der Waals surface area contributed by atoms with Gasteiger partial charge in [0, 0.05) is 44.3 Å². The predicted molar refractivity (Wildman–Crippen MR) is 112 cm³/mol. The lowest BCUT2D eigenvalue weighted by molar-refractivity contribution is 0.147. The van der Waals surface area contributed by atoms with Crippen molar-refractivity contribution in [2.75, 3.05) is 26.7 Å². The van der Waals surface area contributed by atoms with Crippen molar-refractivity contribution >= 4 is 5.96 Å². The number of nitrogens with zero attached hydrogens (tertiary/aromatic N) is 4. The molecule has 2 aliphatic rings. The Bertz CT molecular complexity index is 627. The van der Waals surface area contributed by atoms with Crippen molar-refractivity contribution in [3.63, 3.8) is 0 Å². The summed E-state index contributed by atoms with van der Waals surface area (Å²) in [7, 11) is 1.87. The van der Waals surface area contributed by atoms with Gasteiger partial charge in [-0.1, -0.05) is 6.92 Å². The molecular weight excluding hydrogens is 336 g/mol. The molecule has 2 N–H and O–H groups in total. The molecule has 27 heavy (non-hydrogen) atoms. The minimum atomic E-state index is 0.408. The molecule has 1 saturated heterocycles. The fourth-order valence-electron chi connectivity index (χ4n) is 4.13. The second kappa shape index (κ2) is 9.09. The Kier molecular flexibility index (Phi) is 6.79. The number of piperidine rings is 1. The van der Waals surface area contributed by atoms with Crippen LogP contribution in [-0.4, -0.2) is 59.4 Å². The van der Waals surface area contributed by atoms with E-state index in [4.69, 9.17) is 5.10 Å². The van der Waals surface area contributed by atoms with E-state index in [0.717, 1.165) is 37.7 Å². The summed E-state index contributed by atoms with van der Waals surface area (Å²) in [5.41, 5.74) is 2.66. The van der Waals surface area contributed by atoms with Crippen LogP contribution in [0.3, 0.4) is 0 Å². The number of nitrogens with one attached hydrogen (secondary N) is 2. The first-order chi connectivity index (χ1) is 13.0. The van der Waals surface area contributed by atoms with Gasteiger partial charge >= 0.3 is 0 Å².